The van der Waals surface area contributed by atoms with Crippen LogP contribution < -0.4 is 5.19 Å². The van der Waals surface area contributed by atoms with Crippen molar-refractivity contribution < 1.29 is 41.2 Å². The maximum atomic E-state index is 14.7. The number of hydrogen-bond acceptors (Lipinski definition) is 4. The molecule has 0 fully saturated rings. The summed E-state index contributed by atoms with van der Waals surface area (Å²) in [5, 5.41) is 2.62. The zero-order chi connectivity index (χ0) is 47.6. The van der Waals surface area contributed by atoms with E-state index in [9.17, 15) is 7.13 Å². The van der Waals surface area contributed by atoms with Gasteiger partial charge in [-0.1, -0.05) is 146 Å². The predicted molar refractivity (Wildman–Crippen MR) is 235 cm³/mol. The van der Waals surface area contributed by atoms with Crippen LogP contribution in [0.25, 0.3) is 66.7 Å². The van der Waals surface area contributed by atoms with Gasteiger partial charge in [-0.25, -0.2) is 0 Å². The molecule has 0 aliphatic heterocycles. The summed E-state index contributed by atoms with van der Waals surface area (Å²) >= 11 is 0. The van der Waals surface area contributed by atoms with Crippen LogP contribution in [-0.4, -0.2) is 27.6 Å². The van der Waals surface area contributed by atoms with Crippen molar-refractivity contribution in [1.82, 2.24) is 19.5 Å². The summed E-state index contributed by atoms with van der Waals surface area (Å²) in [5.74, 6) is -1.31. The third kappa shape index (κ3) is 7.97. The number of fused-ring (bicyclic) bond motifs is 4. The van der Waals surface area contributed by atoms with Gasteiger partial charge >= 0.3 is 0 Å². The minimum atomic E-state index is -2.54. The monoisotopic (exact) mass is 966 g/mol. The molecule has 0 spiro atoms. The second kappa shape index (κ2) is 16.7. The Morgan fingerprint density at radius 1 is 0.845 bits per heavy atom. The molecule has 0 amide bonds. The van der Waals surface area contributed by atoms with Crippen molar-refractivity contribution in [2.75, 3.05) is 0 Å². The molecule has 0 saturated carbocycles. The number of imidazole rings is 1. The summed E-state index contributed by atoms with van der Waals surface area (Å²) < 4.78 is 95.2. The van der Waals surface area contributed by atoms with Gasteiger partial charge in [-0.05, 0) is 46.9 Å². The van der Waals surface area contributed by atoms with Crippen LogP contribution in [0.4, 0.5) is 4.39 Å². The maximum Gasteiger partial charge on any atom is 0.131 e. The van der Waals surface area contributed by atoms with Gasteiger partial charge in [0.15, 0.2) is 0 Å². The molecular formula is C50H45FIrN4OSi-2. The van der Waals surface area contributed by atoms with E-state index in [0.717, 1.165) is 32.6 Å². The molecule has 0 atom stereocenters. The van der Waals surface area contributed by atoms with E-state index in [1.807, 2.05) is 48.5 Å². The molecule has 0 aliphatic carbocycles. The minimum Gasteiger partial charge on any atom is -0.500 e. The molecule has 5 nitrogen and oxygen atoms in total. The second-order valence-corrected chi connectivity index (χ2v) is 20.1. The number of aromatic nitrogens is 4. The summed E-state index contributed by atoms with van der Waals surface area (Å²) in [6.07, 6.45) is 5.14. The Morgan fingerprint density at radius 2 is 1.59 bits per heavy atom. The number of halogens is 1. The first kappa shape index (κ1) is 30.5. The Kier molecular flexibility index (Phi) is 8.82. The number of hydrogen-bond donors (Lipinski definition) is 0. The van der Waals surface area contributed by atoms with E-state index in [0.29, 0.717) is 44.8 Å². The van der Waals surface area contributed by atoms with Crippen LogP contribution in [0.5, 0.6) is 0 Å². The molecule has 0 bridgehead atoms. The van der Waals surface area contributed by atoms with Crippen LogP contribution in [0.15, 0.2) is 132 Å². The van der Waals surface area contributed by atoms with Crippen molar-refractivity contribution in [3.05, 3.63) is 168 Å². The van der Waals surface area contributed by atoms with Gasteiger partial charge in [0.25, 0.3) is 0 Å². The van der Waals surface area contributed by atoms with Gasteiger partial charge in [-0.3, -0.25) is 14.4 Å². The fourth-order valence-corrected chi connectivity index (χ4v) is 8.48. The van der Waals surface area contributed by atoms with Gasteiger partial charge in [0.1, 0.15) is 5.58 Å². The SMILES string of the molecule is [2H]C([2H])([2H])c1cc[c-]c(-c2cc(C([2H])(C)C)c([Si](C)(C)C)cn2)c1F.[2H]C([2H])([2H])c1ccc(-c2cncc3c2oc2c(-c4nc5ccccc5n4C([2H])([2H])c4ccccc4)[c-]ccc23)cc1.[Ir]. The molecule has 9 aromatic rings. The summed E-state index contributed by atoms with van der Waals surface area (Å²) in [6, 6.07) is 37.2. The predicted octanol–water partition coefficient (Wildman–Crippen LogP) is 12.5. The van der Waals surface area contributed by atoms with Crippen molar-refractivity contribution in [3.63, 3.8) is 0 Å². The van der Waals surface area contributed by atoms with Crippen LogP contribution in [0.3, 0.4) is 0 Å². The van der Waals surface area contributed by atoms with Crippen molar-refractivity contribution in [2.45, 2.75) is 59.6 Å². The van der Waals surface area contributed by atoms with Crippen molar-refractivity contribution in [1.29, 1.82) is 0 Å². The van der Waals surface area contributed by atoms with E-state index in [-0.39, 0.29) is 36.8 Å². The number of para-hydroxylation sites is 2. The van der Waals surface area contributed by atoms with Crippen molar-refractivity contribution >= 4 is 46.2 Å². The normalized spacial score (nSPS) is 14.7. The van der Waals surface area contributed by atoms with Gasteiger partial charge in [0.2, 0.25) is 0 Å². The first-order chi connectivity index (χ1) is 31.0. The fourth-order valence-electron chi connectivity index (χ4n) is 6.89. The largest absolute Gasteiger partial charge is 0.500 e. The fraction of sp³-hybridized carbons (Fsp3) is 0.180. The zero-order valence-corrected chi connectivity index (χ0v) is 35.9. The first-order valence-electron chi connectivity index (χ1n) is 23.0. The summed E-state index contributed by atoms with van der Waals surface area (Å²) in [6.45, 7) is 3.42. The summed E-state index contributed by atoms with van der Waals surface area (Å²) in [7, 11) is -1.74. The van der Waals surface area contributed by atoms with Gasteiger partial charge in [0, 0.05) is 71.6 Å². The molecular weight excluding hydrogens is 912 g/mol. The number of furan rings is 1. The van der Waals surface area contributed by atoms with Crippen LogP contribution >= 0.6 is 0 Å². The molecule has 1 radical (unpaired) electrons. The minimum absolute atomic E-state index is 0. The Morgan fingerprint density at radius 3 is 2.33 bits per heavy atom. The molecule has 8 heteroatoms. The van der Waals surface area contributed by atoms with E-state index < -0.39 is 40.0 Å². The van der Waals surface area contributed by atoms with Gasteiger partial charge in [-0.2, -0.15) is 0 Å². The molecule has 0 aliphatic rings. The third-order valence-electron chi connectivity index (χ3n) is 9.78. The third-order valence-corrected chi connectivity index (χ3v) is 11.8. The number of nitrogens with zero attached hydrogens (tertiary/aromatic N) is 4. The van der Waals surface area contributed by atoms with E-state index >= 15 is 0 Å². The smallest absolute Gasteiger partial charge is 0.131 e. The zero-order valence-electron chi connectivity index (χ0n) is 41.5. The average Bonchev–Trinajstić information content (AvgIpc) is 3.85. The number of aryl methyl sites for hydroxylation is 2. The number of benzene rings is 5. The van der Waals surface area contributed by atoms with Crippen LogP contribution in [0.2, 0.25) is 19.6 Å². The molecule has 0 saturated heterocycles. The van der Waals surface area contributed by atoms with Gasteiger partial charge in [0.05, 0.1) is 33.3 Å². The van der Waals surface area contributed by atoms with Crippen LogP contribution in [-0.2, 0) is 26.6 Å². The quantitative estimate of drug-likeness (QED) is 0.118. The standard InChI is InChI=1S/C32H22N3O.C18H23FNSi.Ir/c1-21-14-16-23(17-15-21)26-18-33-19-27-24-10-7-11-25(30(24)36-31(26)27)32-34-28-12-5-6-13-29(28)35(32)20-22-8-3-2-4-9-22;1-12(2)15-10-16(20-11-17(15)21(4,5)6)14-9-7-8-13(3)18(14)19;/h2-10,12-19H,20H2,1H3;7-8,10-12H,1-6H3;/q2*-1;/i1D3,20D2;3D3,12D;. The van der Waals surface area contributed by atoms with Crippen molar-refractivity contribution in [3.8, 4) is 33.8 Å². The second-order valence-electron chi connectivity index (χ2n) is 15.0. The topological polar surface area (TPSA) is 56.7 Å². The first-order valence-corrected chi connectivity index (χ1v) is 22.0. The van der Waals surface area contributed by atoms with E-state index in [2.05, 4.69) is 41.7 Å². The van der Waals surface area contributed by atoms with E-state index in [1.54, 1.807) is 85.5 Å². The van der Waals surface area contributed by atoms with Crippen molar-refractivity contribution in [2.24, 2.45) is 0 Å². The molecule has 58 heavy (non-hydrogen) atoms. The van der Waals surface area contributed by atoms with E-state index in [1.165, 1.54) is 12.1 Å². The Hall–Kier alpha value is -5.53. The van der Waals surface area contributed by atoms with E-state index in [4.69, 9.17) is 19.0 Å². The van der Waals surface area contributed by atoms with Crippen LogP contribution in [0.1, 0.15) is 54.3 Å². The molecule has 4 heterocycles. The maximum absolute atomic E-state index is 14.7. The molecule has 5 aromatic carbocycles. The number of pyridine rings is 2. The van der Waals surface area contributed by atoms with Gasteiger partial charge in [-0.15, -0.1) is 36.4 Å². The average molecular weight is 966 g/mol. The summed E-state index contributed by atoms with van der Waals surface area (Å²) in [4.78, 5) is 13.7. The number of rotatable bonds is 7. The van der Waals surface area contributed by atoms with Crippen LogP contribution in [0, 0.1) is 31.7 Å². The molecule has 293 valence electrons. The Bertz CT molecular complexity index is 3250. The van der Waals surface area contributed by atoms with Gasteiger partial charge < -0.3 is 14.0 Å². The summed E-state index contributed by atoms with van der Waals surface area (Å²) in [5.41, 5.74) is 5.96. The Labute approximate surface area is 367 Å². The Balaban J connectivity index is 0.000000221. The molecule has 0 N–H and O–H groups in total. The molecule has 4 aromatic heterocycles. The molecule has 0 unspecified atom stereocenters. The molecule has 9 rings (SSSR count).